The largest absolute Gasteiger partial charge is 0.352 e. The number of nitrogens with one attached hydrogen (secondary N) is 1. The van der Waals surface area contributed by atoms with Crippen molar-refractivity contribution in [3.63, 3.8) is 0 Å². The Morgan fingerprint density at radius 2 is 1.95 bits per heavy atom. The van der Waals surface area contributed by atoms with Crippen LogP contribution in [0.4, 0.5) is 0 Å². The molecular weight excluding hydrogens is 274 g/mol. The van der Waals surface area contributed by atoms with E-state index in [9.17, 15) is 19.2 Å². The minimum absolute atomic E-state index is 0.0120. The van der Waals surface area contributed by atoms with Gasteiger partial charge in [-0.2, -0.15) is 0 Å². The van der Waals surface area contributed by atoms with Crippen molar-refractivity contribution in [2.24, 2.45) is 7.05 Å². The van der Waals surface area contributed by atoms with Crippen LogP contribution in [0.3, 0.4) is 0 Å². The SMILES string of the molecule is CCCC(C)NC(=O)Cn1cc(C(C)=O)c(=O)n(C)c1=O. The zero-order valence-electron chi connectivity index (χ0n) is 12.8. The van der Waals surface area contributed by atoms with E-state index in [4.69, 9.17) is 0 Å². The lowest BCUT2D eigenvalue weighted by Gasteiger charge is -2.14. The average Bonchev–Trinajstić information content (AvgIpc) is 2.39. The van der Waals surface area contributed by atoms with Crippen molar-refractivity contribution in [1.82, 2.24) is 14.5 Å². The van der Waals surface area contributed by atoms with Crippen LogP contribution >= 0.6 is 0 Å². The van der Waals surface area contributed by atoms with Crippen molar-refractivity contribution in [1.29, 1.82) is 0 Å². The Hall–Kier alpha value is -2.18. The topological polar surface area (TPSA) is 90.2 Å². The average molecular weight is 295 g/mol. The van der Waals surface area contributed by atoms with Gasteiger partial charge in [-0.25, -0.2) is 4.79 Å². The lowest BCUT2D eigenvalue weighted by Crippen LogP contribution is -2.43. The second-order valence-electron chi connectivity index (χ2n) is 5.13. The Balaban J connectivity index is 3.04. The Bertz CT molecular complexity index is 657. The summed E-state index contributed by atoms with van der Waals surface area (Å²) in [6, 6.07) is 0.0120. The van der Waals surface area contributed by atoms with E-state index in [1.165, 1.54) is 14.0 Å². The Morgan fingerprint density at radius 1 is 1.33 bits per heavy atom. The van der Waals surface area contributed by atoms with Gasteiger partial charge in [-0.1, -0.05) is 13.3 Å². The van der Waals surface area contributed by atoms with E-state index >= 15 is 0 Å². The van der Waals surface area contributed by atoms with E-state index in [0.717, 1.165) is 28.2 Å². The van der Waals surface area contributed by atoms with E-state index in [-0.39, 0.29) is 24.1 Å². The summed E-state index contributed by atoms with van der Waals surface area (Å²) < 4.78 is 1.91. The predicted molar refractivity (Wildman–Crippen MR) is 78.5 cm³/mol. The van der Waals surface area contributed by atoms with Gasteiger partial charge >= 0.3 is 5.69 Å². The highest BCUT2D eigenvalue weighted by Gasteiger charge is 2.14. The monoisotopic (exact) mass is 295 g/mol. The van der Waals surface area contributed by atoms with Crippen LogP contribution in [0.5, 0.6) is 0 Å². The van der Waals surface area contributed by atoms with Crippen molar-refractivity contribution in [3.8, 4) is 0 Å². The summed E-state index contributed by atoms with van der Waals surface area (Å²) in [6.45, 7) is 4.92. The highest BCUT2D eigenvalue weighted by Crippen LogP contribution is 1.96. The van der Waals surface area contributed by atoms with Crippen molar-refractivity contribution in [2.45, 2.75) is 46.2 Å². The van der Waals surface area contributed by atoms with E-state index < -0.39 is 17.0 Å². The number of carbonyl (C=O) groups is 2. The first-order valence-electron chi connectivity index (χ1n) is 6.88. The molecule has 1 unspecified atom stereocenters. The Morgan fingerprint density at radius 3 is 2.48 bits per heavy atom. The number of nitrogens with zero attached hydrogens (tertiary/aromatic N) is 2. The van der Waals surface area contributed by atoms with Gasteiger partial charge in [0.1, 0.15) is 6.54 Å². The van der Waals surface area contributed by atoms with Gasteiger partial charge in [-0.15, -0.1) is 0 Å². The van der Waals surface area contributed by atoms with E-state index in [1.807, 2.05) is 13.8 Å². The van der Waals surface area contributed by atoms with Gasteiger partial charge in [0.25, 0.3) is 5.56 Å². The number of Topliss-reactive ketones (excluding diaryl/α,β-unsaturated/α-hetero) is 1. The maximum absolute atomic E-state index is 11.9. The summed E-state index contributed by atoms with van der Waals surface area (Å²) in [5.41, 5.74) is -1.38. The van der Waals surface area contributed by atoms with Crippen molar-refractivity contribution in [3.05, 3.63) is 32.6 Å². The van der Waals surface area contributed by atoms with Crippen molar-refractivity contribution in [2.75, 3.05) is 0 Å². The molecule has 1 aromatic rings. The molecule has 0 aliphatic heterocycles. The fourth-order valence-electron chi connectivity index (χ4n) is 2.06. The highest BCUT2D eigenvalue weighted by atomic mass is 16.2. The van der Waals surface area contributed by atoms with Crippen molar-refractivity contribution >= 4 is 11.7 Å². The Labute approximate surface area is 122 Å². The molecular formula is C14H21N3O4. The molecule has 0 radical (unpaired) electrons. The molecule has 0 spiro atoms. The third kappa shape index (κ3) is 4.14. The molecule has 0 aliphatic carbocycles. The lowest BCUT2D eigenvalue weighted by molar-refractivity contribution is -0.122. The smallest absolute Gasteiger partial charge is 0.331 e. The van der Waals surface area contributed by atoms with Crippen LogP contribution in [0.25, 0.3) is 0 Å². The molecule has 1 heterocycles. The zero-order valence-corrected chi connectivity index (χ0v) is 12.8. The number of hydrogen-bond donors (Lipinski definition) is 1. The lowest BCUT2D eigenvalue weighted by atomic mass is 10.2. The van der Waals surface area contributed by atoms with Crippen LogP contribution in [-0.2, 0) is 18.4 Å². The molecule has 1 amide bonds. The molecule has 0 bridgehead atoms. The molecule has 1 atom stereocenters. The molecule has 7 heteroatoms. The second-order valence-corrected chi connectivity index (χ2v) is 5.13. The third-order valence-electron chi connectivity index (χ3n) is 3.17. The molecule has 1 N–H and O–H groups in total. The minimum atomic E-state index is -0.650. The fourth-order valence-corrected chi connectivity index (χ4v) is 2.06. The molecule has 7 nitrogen and oxygen atoms in total. The molecule has 0 fully saturated rings. The molecule has 0 aliphatic rings. The van der Waals surface area contributed by atoms with Crippen LogP contribution in [-0.4, -0.2) is 26.9 Å². The third-order valence-corrected chi connectivity index (χ3v) is 3.17. The summed E-state index contributed by atoms with van der Waals surface area (Å²) in [5, 5.41) is 2.77. The minimum Gasteiger partial charge on any atom is -0.352 e. The van der Waals surface area contributed by atoms with Gasteiger partial charge in [-0.05, 0) is 20.3 Å². The maximum Gasteiger partial charge on any atom is 0.331 e. The summed E-state index contributed by atoms with van der Waals surface area (Å²) in [5.74, 6) is -0.768. The number of aromatic nitrogens is 2. The van der Waals surface area contributed by atoms with Crippen LogP contribution < -0.4 is 16.6 Å². The van der Waals surface area contributed by atoms with Gasteiger partial charge in [-0.3, -0.25) is 23.5 Å². The number of rotatable bonds is 6. The summed E-state index contributed by atoms with van der Waals surface area (Å²) in [6.07, 6.45) is 2.93. The van der Waals surface area contributed by atoms with Crippen LogP contribution in [0, 0.1) is 0 Å². The van der Waals surface area contributed by atoms with Crippen LogP contribution in [0.15, 0.2) is 15.8 Å². The van der Waals surface area contributed by atoms with Crippen molar-refractivity contribution < 1.29 is 9.59 Å². The maximum atomic E-state index is 11.9. The molecule has 0 aromatic carbocycles. The normalized spacial score (nSPS) is 12.0. The zero-order chi connectivity index (χ0) is 16.2. The van der Waals surface area contributed by atoms with Gasteiger partial charge in [0.2, 0.25) is 5.91 Å². The molecule has 1 aromatic heterocycles. The molecule has 1 rings (SSSR count). The number of carbonyl (C=O) groups excluding carboxylic acids is 2. The number of hydrogen-bond acceptors (Lipinski definition) is 4. The molecule has 0 saturated carbocycles. The van der Waals surface area contributed by atoms with Gasteiger partial charge < -0.3 is 5.32 Å². The second kappa shape index (κ2) is 7.01. The molecule has 116 valence electrons. The predicted octanol–water partition coefficient (Wildman–Crippen LogP) is 0.0544. The van der Waals surface area contributed by atoms with E-state index in [0.29, 0.717) is 0 Å². The fraction of sp³-hybridized carbons (Fsp3) is 0.571. The number of amides is 1. The summed E-state index contributed by atoms with van der Waals surface area (Å²) in [4.78, 5) is 47.0. The van der Waals surface area contributed by atoms with Crippen LogP contribution in [0.2, 0.25) is 0 Å². The molecule has 0 saturated heterocycles. The summed E-state index contributed by atoms with van der Waals surface area (Å²) in [7, 11) is 1.28. The van der Waals surface area contributed by atoms with Crippen LogP contribution in [0.1, 0.15) is 44.0 Å². The van der Waals surface area contributed by atoms with Gasteiger partial charge in [0.15, 0.2) is 5.78 Å². The van der Waals surface area contributed by atoms with E-state index in [1.54, 1.807) is 0 Å². The first kappa shape index (κ1) is 16.9. The van der Waals surface area contributed by atoms with Gasteiger partial charge in [0.05, 0.1) is 5.56 Å². The standard InChI is InChI=1S/C14H21N3O4/c1-5-6-9(2)15-12(19)8-17-7-11(10(3)18)13(20)16(4)14(17)21/h7,9H,5-6,8H2,1-4H3,(H,15,19). The first-order valence-corrected chi connectivity index (χ1v) is 6.88. The van der Waals surface area contributed by atoms with E-state index in [2.05, 4.69) is 5.32 Å². The number of ketones is 1. The summed E-state index contributed by atoms with van der Waals surface area (Å²) >= 11 is 0. The molecule has 21 heavy (non-hydrogen) atoms. The quantitative estimate of drug-likeness (QED) is 0.751. The first-order chi connectivity index (χ1) is 9.77. The highest BCUT2D eigenvalue weighted by molar-refractivity contribution is 5.93. The Kier molecular flexibility index (Phi) is 5.63. The van der Waals surface area contributed by atoms with Gasteiger partial charge in [0, 0.05) is 19.3 Å².